The summed E-state index contributed by atoms with van der Waals surface area (Å²) in [6, 6.07) is 0. The fourth-order valence-electron chi connectivity index (χ4n) is 2.10. The highest BCUT2D eigenvalue weighted by Crippen LogP contribution is 2.66. The molecule has 1 fully saturated rings. The van der Waals surface area contributed by atoms with Crippen LogP contribution in [0.2, 0.25) is 0 Å². The monoisotopic (exact) mass is 266 g/mol. The number of hydrogen-bond donors (Lipinski definition) is 1. The number of rotatable bonds is 5. The van der Waals surface area contributed by atoms with Crippen LogP contribution in [0.1, 0.15) is 40.5 Å². The third-order valence-corrected chi connectivity index (χ3v) is 5.92. The molecule has 0 saturated carbocycles. The zero-order valence-electron chi connectivity index (χ0n) is 10.8. The molecule has 0 aliphatic carbocycles. The summed E-state index contributed by atoms with van der Waals surface area (Å²) in [7, 11) is -3.56. The Balaban J connectivity index is 3.06. The van der Waals surface area contributed by atoms with Gasteiger partial charge in [0.05, 0.1) is 13.2 Å². The molecule has 17 heavy (non-hydrogen) atoms. The van der Waals surface area contributed by atoms with E-state index < -0.39 is 18.6 Å². The number of hydrogen-bond acceptors (Lipinski definition) is 5. The average Bonchev–Trinajstić information content (AvgIpc) is 2.45. The van der Waals surface area contributed by atoms with E-state index in [0.29, 0.717) is 5.06 Å². The second-order valence-electron chi connectivity index (χ2n) is 4.56. The van der Waals surface area contributed by atoms with Crippen molar-refractivity contribution in [3.05, 3.63) is 0 Å². The van der Waals surface area contributed by atoms with Crippen molar-refractivity contribution in [1.82, 2.24) is 5.06 Å². The molecule has 0 aromatic rings. The molecule has 101 valence electrons. The van der Waals surface area contributed by atoms with E-state index >= 15 is 0 Å². The van der Waals surface area contributed by atoms with E-state index in [0.717, 1.165) is 0 Å². The molecule has 2 atom stereocenters. The Morgan fingerprint density at radius 3 is 2.00 bits per heavy atom. The summed E-state index contributed by atoms with van der Waals surface area (Å²) < 4.78 is 23.0. The minimum atomic E-state index is -3.56. The van der Waals surface area contributed by atoms with Gasteiger partial charge in [0, 0.05) is 0 Å². The molecule has 6 nitrogen and oxygen atoms in total. The van der Waals surface area contributed by atoms with Crippen LogP contribution in [-0.4, -0.2) is 34.4 Å². The highest BCUT2D eigenvalue weighted by Gasteiger charge is 2.61. The Hall–Kier alpha value is 0.0300. The molecule has 0 aromatic heterocycles. The van der Waals surface area contributed by atoms with Crippen LogP contribution in [0.25, 0.3) is 0 Å². The lowest BCUT2D eigenvalue weighted by Crippen LogP contribution is -2.48. The zero-order chi connectivity index (χ0) is 13.3. The molecule has 1 saturated heterocycles. The first-order valence-corrected chi connectivity index (χ1v) is 7.37. The second kappa shape index (κ2) is 4.96. The third-order valence-electron chi connectivity index (χ3n) is 3.14. The number of nitrogens with zero attached hydrogens (tertiary/aromatic N) is 1. The van der Waals surface area contributed by atoms with Gasteiger partial charge in [0.2, 0.25) is 0 Å². The minimum absolute atomic E-state index is 0.197. The fourth-order valence-corrected chi connectivity index (χ4v) is 4.23. The van der Waals surface area contributed by atoms with Gasteiger partial charge in [0.1, 0.15) is 5.72 Å². The Kier molecular flexibility index (Phi) is 4.40. The summed E-state index contributed by atoms with van der Waals surface area (Å²) in [5, 5.41) is 21.1. The highest BCUT2D eigenvalue weighted by molar-refractivity contribution is 7.55. The van der Waals surface area contributed by atoms with E-state index in [2.05, 4.69) is 0 Å². The van der Waals surface area contributed by atoms with Crippen molar-refractivity contribution in [2.75, 3.05) is 13.2 Å². The van der Waals surface area contributed by atoms with Crippen LogP contribution in [0, 0.1) is 0 Å². The van der Waals surface area contributed by atoms with Crippen molar-refractivity contribution in [3.63, 3.8) is 0 Å². The summed E-state index contributed by atoms with van der Waals surface area (Å²) in [6.45, 7) is 6.71. The third kappa shape index (κ3) is 2.43. The van der Waals surface area contributed by atoms with Crippen molar-refractivity contribution in [3.8, 4) is 0 Å². The van der Waals surface area contributed by atoms with Gasteiger partial charge in [-0.1, -0.05) is 0 Å². The summed E-state index contributed by atoms with van der Waals surface area (Å²) in [4.78, 5) is 0. The van der Waals surface area contributed by atoms with E-state index in [1.54, 1.807) is 13.8 Å². The van der Waals surface area contributed by atoms with Gasteiger partial charge < -0.3 is 14.2 Å². The number of hydroxylamine groups is 2. The molecule has 1 rings (SSSR count). The van der Waals surface area contributed by atoms with Gasteiger partial charge in [-0.15, -0.1) is 10.3 Å². The predicted molar refractivity (Wildman–Crippen MR) is 61.6 cm³/mol. The SMILES string of the molecule is CCOP(=O)(OCC)C1(C)CCC(C)(O)N1[O]. The second-order valence-corrected chi connectivity index (χ2v) is 7.04. The first-order valence-electron chi connectivity index (χ1n) is 5.82. The van der Waals surface area contributed by atoms with Crippen molar-refractivity contribution in [2.24, 2.45) is 0 Å². The molecule has 7 heteroatoms. The number of aliphatic hydroxyl groups is 1. The van der Waals surface area contributed by atoms with Crippen LogP contribution in [0.5, 0.6) is 0 Å². The smallest absolute Gasteiger partial charge is 0.353 e. The van der Waals surface area contributed by atoms with Crippen molar-refractivity contribution >= 4 is 7.60 Å². The Labute approximate surface area is 102 Å². The van der Waals surface area contributed by atoms with Crippen molar-refractivity contribution in [2.45, 2.75) is 51.5 Å². The lowest BCUT2D eigenvalue weighted by atomic mass is 10.2. The molecule has 0 amide bonds. The average molecular weight is 266 g/mol. The maximum Gasteiger partial charge on any atom is 0.353 e. The van der Waals surface area contributed by atoms with Gasteiger partial charge in [-0.2, -0.15) is 0 Å². The van der Waals surface area contributed by atoms with Crippen LogP contribution in [0.15, 0.2) is 0 Å². The van der Waals surface area contributed by atoms with Crippen molar-refractivity contribution < 1.29 is 23.9 Å². The first-order chi connectivity index (χ1) is 7.73. The standard InChI is InChI=1S/C10H21NO5P/c1-5-15-17(14,16-6-2)10(4)8-7-9(3,12)11(10)13/h12H,5-8H2,1-4H3. The quantitative estimate of drug-likeness (QED) is 0.771. The van der Waals surface area contributed by atoms with E-state index in [1.807, 2.05) is 0 Å². The molecule has 1 radical (unpaired) electrons. The van der Waals surface area contributed by atoms with E-state index in [1.165, 1.54) is 13.8 Å². The Morgan fingerprint density at radius 2 is 1.71 bits per heavy atom. The minimum Gasteiger partial charge on any atom is -0.374 e. The molecule has 0 aromatic carbocycles. The van der Waals surface area contributed by atoms with Crippen LogP contribution in [0.4, 0.5) is 0 Å². The van der Waals surface area contributed by atoms with E-state index in [-0.39, 0.29) is 26.1 Å². The normalized spacial score (nSPS) is 35.4. The summed E-state index contributed by atoms with van der Waals surface area (Å²) in [5.74, 6) is 0. The Bertz CT molecular complexity index is 312. The predicted octanol–water partition coefficient (Wildman–Crippen LogP) is 2.12. The largest absolute Gasteiger partial charge is 0.374 e. The van der Waals surface area contributed by atoms with Crippen LogP contribution in [-0.2, 0) is 18.8 Å². The topological polar surface area (TPSA) is 78.9 Å². The van der Waals surface area contributed by atoms with Crippen LogP contribution < -0.4 is 0 Å². The molecule has 1 N–H and O–H groups in total. The first kappa shape index (κ1) is 15.1. The molecule has 1 aliphatic rings. The molecule has 1 aliphatic heterocycles. The lowest BCUT2D eigenvalue weighted by molar-refractivity contribution is -0.297. The van der Waals surface area contributed by atoms with Gasteiger partial charge in [-0.25, -0.2) is 0 Å². The zero-order valence-corrected chi connectivity index (χ0v) is 11.7. The molecule has 0 spiro atoms. The highest BCUT2D eigenvalue weighted by atomic mass is 31.2. The summed E-state index contributed by atoms with van der Waals surface area (Å²) in [5.41, 5.74) is -1.52. The molecule has 2 unspecified atom stereocenters. The summed E-state index contributed by atoms with van der Waals surface area (Å²) in [6.07, 6.45) is 0.526. The fraction of sp³-hybridized carbons (Fsp3) is 1.00. The molecular weight excluding hydrogens is 245 g/mol. The molecular formula is C10H21NO5P. The lowest BCUT2D eigenvalue weighted by Gasteiger charge is -2.37. The van der Waals surface area contributed by atoms with Crippen molar-refractivity contribution in [1.29, 1.82) is 0 Å². The van der Waals surface area contributed by atoms with Gasteiger partial charge in [0.25, 0.3) is 0 Å². The van der Waals surface area contributed by atoms with Crippen LogP contribution >= 0.6 is 7.60 Å². The van der Waals surface area contributed by atoms with Gasteiger partial charge >= 0.3 is 7.60 Å². The van der Waals surface area contributed by atoms with E-state index in [4.69, 9.17) is 9.05 Å². The molecule has 1 heterocycles. The Morgan fingerprint density at radius 1 is 1.24 bits per heavy atom. The summed E-state index contributed by atoms with van der Waals surface area (Å²) >= 11 is 0. The maximum absolute atomic E-state index is 12.6. The molecule has 0 bridgehead atoms. The maximum atomic E-state index is 12.6. The van der Waals surface area contributed by atoms with Crippen LogP contribution in [0.3, 0.4) is 0 Å². The van der Waals surface area contributed by atoms with Gasteiger partial charge in [0.15, 0.2) is 5.28 Å². The van der Waals surface area contributed by atoms with Gasteiger partial charge in [-0.05, 0) is 40.5 Å². The van der Waals surface area contributed by atoms with E-state index in [9.17, 15) is 14.9 Å². The van der Waals surface area contributed by atoms with Gasteiger partial charge in [-0.3, -0.25) is 4.57 Å².